The molecule has 0 aromatic carbocycles. The Morgan fingerprint density at radius 3 is 3.29 bits per heavy atom. The molecule has 0 saturated carbocycles. The van der Waals surface area contributed by atoms with Crippen LogP contribution in [0, 0.1) is 0 Å². The van der Waals surface area contributed by atoms with E-state index in [0.29, 0.717) is 5.92 Å². The number of aromatic nitrogens is 2. The van der Waals surface area contributed by atoms with Crippen LogP contribution in [0.5, 0.6) is 0 Å². The van der Waals surface area contributed by atoms with Crippen molar-refractivity contribution >= 4 is 21.7 Å². The summed E-state index contributed by atoms with van der Waals surface area (Å²) >= 11 is 1.62. The molecule has 3 heterocycles. The molecule has 14 heavy (non-hydrogen) atoms. The number of pyridine rings is 1. The van der Waals surface area contributed by atoms with E-state index in [2.05, 4.69) is 21.4 Å². The molecule has 1 aliphatic heterocycles. The highest BCUT2D eigenvalue weighted by molar-refractivity contribution is 7.16. The monoisotopic (exact) mass is 205 g/mol. The third-order valence-electron chi connectivity index (χ3n) is 2.77. The Morgan fingerprint density at radius 1 is 1.43 bits per heavy atom. The molecular formula is C10H11N3S. The second-order valence-corrected chi connectivity index (χ2v) is 4.43. The highest BCUT2D eigenvalue weighted by atomic mass is 32.1. The van der Waals surface area contributed by atoms with E-state index in [1.807, 2.05) is 11.7 Å². The number of hydrogen-bond acceptors (Lipinski definition) is 4. The minimum atomic E-state index is 0.627. The predicted octanol–water partition coefficient (Wildman–Crippen LogP) is 1.77. The molecule has 3 nitrogen and oxygen atoms in total. The first kappa shape index (κ1) is 8.32. The molecule has 1 N–H and O–H groups in total. The molecule has 2 aromatic rings. The van der Waals surface area contributed by atoms with Gasteiger partial charge in [0.1, 0.15) is 10.3 Å². The van der Waals surface area contributed by atoms with Gasteiger partial charge in [0, 0.05) is 12.7 Å². The van der Waals surface area contributed by atoms with Gasteiger partial charge in [-0.15, -0.1) is 11.3 Å². The van der Waals surface area contributed by atoms with E-state index in [1.54, 1.807) is 11.3 Å². The fourth-order valence-corrected chi connectivity index (χ4v) is 2.71. The summed E-state index contributed by atoms with van der Waals surface area (Å²) in [6.07, 6.45) is 3.12. The first-order chi connectivity index (χ1) is 6.95. The number of rotatable bonds is 1. The summed E-state index contributed by atoms with van der Waals surface area (Å²) in [6.45, 7) is 2.20. The van der Waals surface area contributed by atoms with Crippen molar-refractivity contribution in [2.75, 3.05) is 13.1 Å². The Kier molecular flexibility index (Phi) is 1.96. The van der Waals surface area contributed by atoms with Gasteiger partial charge in [-0.05, 0) is 30.5 Å². The van der Waals surface area contributed by atoms with E-state index in [9.17, 15) is 0 Å². The highest BCUT2D eigenvalue weighted by Gasteiger charge is 2.19. The third-order valence-corrected chi connectivity index (χ3v) is 3.50. The van der Waals surface area contributed by atoms with Gasteiger partial charge in [-0.3, -0.25) is 0 Å². The summed E-state index contributed by atoms with van der Waals surface area (Å²) in [7, 11) is 0. The number of hydrogen-bond donors (Lipinski definition) is 1. The van der Waals surface area contributed by atoms with Crippen molar-refractivity contribution in [1.82, 2.24) is 15.3 Å². The van der Waals surface area contributed by atoms with E-state index in [4.69, 9.17) is 0 Å². The molecule has 72 valence electrons. The van der Waals surface area contributed by atoms with Crippen LogP contribution in [0.1, 0.15) is 17.9 Å². The molecular weight excluding hydrogens is 194 g/mol. The molecule has 0 spiro atoms. The molecule has 0 aliphatic carbocycles. The standard InChI is InChI=1S/C10H11N3S/c1-3-11-5-7(1)8-2-4-12-10-9(8)13-6-14-10/h2,4,6-7,11H,1,3,5H2/t7-/m1/s1. The van der Waals surface area contributed by atoms with Crippen LogP contribution in [0.25, 0.3) is 10.3 Å². The fourth-order valence-electron chi connectivity index (χ4n) is 2.04. The van der Waals surface area contributed by atoms with Crippen LogP contribution < -0.4 is 5.32 Å². The topological polar surface area (TPSA) is 37.8 Å². The minimum Gasteiger partial charge on any atom is -0.316 e. The van der Waals surface area contributed by atoms with Gasteiger partial charge in [0.2, 0.25) is 0 Å². The molecule has 4 heteroatoms. The third kappa shape index (κ3) is 1.22. The summed E-state index contributed by atoms with van der Waals surface area (Å²) in [5.41, 5.74) is 4.34. The van der Waals surface area contributed by atoms with Crippen LogP contribution in [-0.2, 0) is 0 Å². The maximum absolute atomic E-state index is 4.39. The van der Waals surface area contributed by atoms with Gasteiger partial charge in [-0.1, -0.05) is 0 Å². The number of fused-ring (bicyclic) bond motifs is 1. The predicted molar refractivity (Wildman–Crippen MR) is 57.6 cm³/mol. The summed E-state index contributed by atoms with van der Waals surface area (Å²) in [5, 5.41) is 3.38. The van der Waals surface area contributed by atoms with Crippen molar-refractivity contribution in [3.63, 3.8) is 0 Å². The van der Waals surface area contributed by atoms with Gasteiger partial charge < -0.3 is 5.32 Å². The first-order valence-electron chi connectivity index (χ1n) is 4.84. The molecule has 1 saturated heterocycles. The lowest BCUT2D eigenvalue weighted by atomic mass is 9.99. The van der Waals surface area contributed by atoms with Crippen molar-refractivity contribution in [2.45, 2.75) is 12.3 Å². The van der Waals surface area contributed by atoms with Crippen LogP contribution in [0.15, 0.2) is 17.8 Å². The average Bonchev–Trinajstić information content (AvgIpc) is 2.88. The van der Waals surface area contributed by atoms with Crippen molar-refractivity contribution in [3.8, 4) is 0 Å². The molecule has 1 aliphatic rings. The first-order valence-corrected chi connectivity index (χ1v) is 5.72. The minimum absolute atomic E-state index is 0.627. The average molecular weight is 205 g/mol. The summed E-state index contributed by atoms with van der Waals surface area (Å²) in [5.74, 6) is 0.627. The zero-order chi connectivity index (χ0) is 9.38. The quantitative estimate of drug-likeness (QED) is 0.771. The van der Waals surface area contributed by atoms with Gasteiger partial charge >= 0.3 is 0 Å². The van der Waals surface area contributed by atoms with Crippen LogP contribution in [-0.4, -0.2) is 23.1 Å². The number of nitrogens with zero attached hydrogens (tertiary/aromatic N) is 2. The van der Waals surface area contributed by atoms with Crippen molar-refractivity contribution < 1.29 is 0 Å². The zero-order valence-corrected chi connectivity index (χ0v) is 8.55. The van der Waals surface area contributed by atoms with E-state index in [-0.39, 0.29) is 0 Å². The largest absolute Gasteiger partial charge is 0.316 e. The smallest absolute Gasteiger partial charge is 0.143 e. The lowest BCUT2D eigenvalue weighted by Crippen LogP contribution is -2.08. The van der Waals surface area contributed by atoms with Crippen LogP contribution in [0.4, 0.5) is 0 Å². The molecule has 2 aromatic heterocycles. The fraction of sp³-hybridized carbons (Fsp3) is 0.400. The molecule has 0 amide bonds. The van der Waals surface area contributed by atoms with E-state index in [0.717, 1.165) is 23.4 Å². The number of nitrogens with one attached hydrogen (secondary N) is 1. The van der Waals surface area contributed by atoms with Gasteiger partial charge in [0.05, 0.1) is 5.51 Å². The molecule has 0 bridgehead atoms. The van der Waals surface area contributed by atoms with Gasteiger partial charge in [0.15, 0.2) is 0 Å². The zero-order valence-electron chi connectivity index (χ0n) is 7.73. The molecule has 0 radical (unpaired) electrons. The molecule has 1 atom stereocenters. The van der Waals surface area contributed by atoms with E-state index in [1.165, 1.54) is 12.0 Å². The molecule has 3 rings (SSSR count). The van der Waals surface area contributed by atoms with E-state index < -0.39 is 0 Å². The van der Waals surface area contributed by atoms with Gasteiger partial charge in [-0.2, -0.15) is 0 Å². The Balaban J connectivity index is 2.14. The normalized spacial score (nSPS) is 21.9. The maximum Gasteiger partial charge on any atom is 0.143 e. The van der Waals surface area contributed by atoms with Crippen LogP contribution >= 0.6 is 11.3 Å². The van der Waals surface area contributed by atoms with Crippen molar-refractivity contribution in [2.24, 2.45) is 0 Å². The van der Waals surface area contributed by atoms with E-state index >= 15 is 0 Å². The summed E-state index contributed by atoms with van der Waals surface area (Å²) in [6, 6.07) is 2.11. The van der Waals surface area contributed by atoms with Gasteiger partial charge in [-0.25, -0.2) is 9.97 Å². The Morgan fingerprint density at radius 2 is 2.43 bits per heavy atom. The van der Waals surface area contributed by atoms with Gasteiger partial charge in [0.25, 0.3) is 0 Å². The molecule has 0 unspecified atom stereocenters. The maximum atomic E-state index is 4.39. The van der Waals surface area contributed by atoms with Crippen molar-refractivity contribution in [1.29, 1.82) is 0 Å². The summed E-state index contributed by atoms with van der Waals surface area (Å²) < 4.78 is 0. The van der Waals surface area contributed by atoms with Crippen LogP contribution in [0.3, 0.4) is 0 Å². The second-order valence-electron chi connectivity index (χ2n) is 3.60. The van der Waals surface area contributed by atoms with Crippen molar-refractivity contribution in [3.05, 3.63) is 23.3 Å². The second kappa shape index (κ2) is 3.29. The number of thiazole rings is 1. The Hall–Kier alpha value is -1.00. The lowest BCUT2D eigenvalue weighted by molar-refractivity contribution is 0.767. The summed E-state index contributed by atoms with van der Waals surface area (Å²) in [4.78, 5) is 9.76. The Bertz CT molecular complexity index is 445. The highest BCUT2D eigenvalue weighted by Crippen LogP contribution is 2.28. The van der Waals surface area contributed by atoms with Crippen LogP contribution in [0.2, 0.25) is 0 Å². The molecule has 1 fully saturated rings. The lowest BCUT2D eigenvalue weighted by Gasteiger charge is -2.08. The Labute approximate surface area is 86.2 Å². The SMILES string of the molecule is c1cc([C@@H]2CCNC2)c2ncsc2n1.